The highest BCUT2D eigenvalue weighted by Gasteiger charge is 2.30. The Bertz CT molecular complexity index is 325. The number of hydrogen-bond acceptors (Lipinski definition) is 1. The molecule has 0 saturated carbocycles. The van der Waals surface area contributed by atoms with E-state index in [-0.39, 0.29) is 0 Å². The lowest BCUT2D eigenvalue weighted by Gasteiger charge is -2.07. The van der Waals surface area contributed by atoms with Gasteiger partial charge in [-0.1, -0.05) is 12.1 Å². The predicted octanol–water partition coefficient (Wildman–Crippen LogP) is 3.04. The molecule has 0 bridgehead atoms. The van der Waals surface area contributed by atoms with Crippen molar-refractivity contribution in [3.05, 3.63) is 35.4 Å². The molecule has 4 heteroatoms. The van der Waals surface area contributed by atoms with Crippen LogP contribution in [-0.2, 0) is 17.3 Å². The van der Waals surface area contributed by atoms with Crippen molar-refractivity contribution in [1.29, 1.82) is 0 Å². The van der Waals surface area contributed by atoms with Gasteiger partial charge in [0.05, 0.1) is 18.3 Å². The summed E-state index contributed by atoms with van der Waals surface area (Å²) in [6, 6.07) is 5.32. The fourth-order valence-corrected chi connectivity index (χ4v) is 1.42. The molecule has 2 rings (SSSR count). The lowest BCUT2D eigenvalue weighted by atomic mass is 10.1. The molecule has 0 spiro atoms. The highest BCUT2D eigenvalue weighted by atomic mass is 19.4. The average molecular weight is 216 g/mol. The Morgan fingerprint density at radius 3 is 2.27 bits per heavy atom. The number of halogens is 3. The zero-order chi connectivity index (χ0) is 10.9. The fraction of sp³-hybridized carbons (Fsp3) is 0.455. The molecule has 1 nitrogen and oxygen atoms in total. The van der Waals surface area contributed by atoms with E-state index in [0.717, 1.165) is 37.1 Å². The summed E-state index contributed by atoms with van der Waals surface area (Å²) >= 11 is 0. The van der Waals surface area contributed by atoms with Crippen molar-refractivity contribution in [2.24, 2.45) is 0 Å². The summed E-state index contributed by atoms with van der Waals surface area (Å²) in [5, 5.41) is 0. The second-order valence-corrected chi connectivity index (χ2v) is 3.69. The summed E-state index contributed by atoms with van der Waals surface area (Å²) in [5.41, 5.74) is 0.340. The van der Waals surface area contributed by atoms with Gasteiger partial charge in [0.2, 0.25) is 0 Å². The molecule has 15 heavy (non-hydrogen) atoms. The number of hydrogen-bond donors (Lipinski definition) is 0. The van der Waals surface area contributed by atoms with Gasteiger partial charge < -0.3 is 4.74 Å². The van der Waals surface area contributed by atoms with E-state index in [0.29, 0.717) is 6.10 Å². The van der Waals surface area contributed by atoms with Crippen LogP contribution in [0.3, 0.4) is 0 Å². The Balaban J connectivity index is 1.96. The number of rotatable bonds is 3. The largest absolute Gasteiger partial charge is 0.416 e. The molecule has 0 aliphatic carbocycles. The van der Waals surface area contributed by atoms with Crippen molar-refractivity contribution in [2.75, 3.05) is 6.61 Å². The summed E-state index contributed by atoms with van der Waals surface area (Å²) < 4.78 is 41.7. The molecule has 1 atom stereocenters. The first-order valence-corrected chi connectivity index (χ1v) is 4.83. The highest BCUT2D eigenvalue weighted by Crippen LogP contribution is 2.29. The lowest BCUT2D eigenvalue weighted by molar-refractivity contribution is -0.137. The molecule has 82 valence electrons. The molecule has 0 aromatic heterocycles. The number of alkyl halides is 3. The lowest BCUT2D eigenvalue weighted by Crippen LogP contribution is -2.04. The fourth-order valence-electron chi connectivity index (χ4n) is 1.42. The van der Waals surface area contributed by atoms with Crippen LogP contribution in [0.4, 0.5) is 13.2 Å². The van der Waals surface area contributed by atoms with E-state index < -0.39 is 11.7 Å². The van der Waals surface area contributed by atoms with Crippen molar-refractivity contribution in [2.45, 2.75) is 25.1 Å². The third-order valence-electron chi connectivity index (χ3n) is 2.44. The van der Waals surface area contributed by atoms with Crippen LogP contribution in [0, 0.1) is 0 Å². The Morgan fingerprint density at radius 1 is 1.20 bits per heavy atom. The maximum absolute atomic E-state index is 12.2. The SMILES string of the molecule is FC(F)(F)c1ccc(CCC2CO2)cc1. The molecule has 0 radical (unpaired) electrons. The molecule has 1 aromatic rings. The minimum atomic E-state index is -4.24. The van der Waals surface area contributed by atoms with Gasteiger partial charge in [0, 0.05) is 0 Å². The number of benzene rings is 1. The summed E-state index contributed by atoms with van der Waals surface area (Å²) in [4.78, 5) is 0. The van der Waals surface area contributed by atoms with Crippen LogP contribution < -0.4 is 0 Å². The van der Waals surface area contributed by atoms with Gasteiger partial charge in [0.15, 0.2) is 0 Å². The monoisotopic (exact) mass is 216 g/mol. The van der Waals surface area contributed by atoms with Gasteiger partial charge in [0.1, 0.15) is 0 Å². The first kappa shape index (κ1) is 10.5. The molecule has 1 aromatic carbocycles. The van der Waals surface area contributed by atoms with E-state index in [1.165, 1.54) is 12.1 Å². The minimum absolute atomic E-state index is 0.326. The molecule has 1 unspecified atom stereocenters. The maximum Gasteiger partial charge on any atom is 0.416 e. The molecule has 1 heterocycles. The summed E-state index contributed by atoms with van der Waals surface area (Å²) in [7, 11) is 0. The maximum atomic E-state index is 12.2. The van der Waals surface area contributed by atoms with E-state index >= 15 is 0 Å². The van der Waals surface area contributed by atoms with Crippen LogP contribution in [0.15, 0.2) is 24.3 Å². The summed E-state index contributed by atoms with van der Waals surface area (Å²) in [5.74, 6) is 0. The molecule has 1 aliphatic rings. The van der Waals surface area contributed by atoms with Gasteiger partial charge in [-0.2, -0.15) is 13.2 Å². The van der Waals surface area contributed by atoms with Crippen LogP contribution in [0.1, 0.15) is 17.5 Å². The third-order valence-corrected chi connectivity index (χ3v) is 2.44. The van der Waals surface area contributed by atoms with Gasteiger partial charge in [0.25, 0.3) is 0 Å². The molecular weight excluding hydrogens is 205 g/mol. The zero-order valence-electron chi connectivity index (χ0n) is 8.05. The Labute approximate surface area is 85.9 Å². The molecule has 1 saturated heterocycles. The summed E-state index contributed by atoms with van der Waals surface area (Å²) in [6.07, 6.45) is -2.24. The van der Waals surface area contributed by atoms with Crippen molar-refractivity contribution in [3.8, 4) is 0 Å². The standard InChI is InChI=1S/C11H11F3O/c12-11(13,14)9-4-1-8(2-5-9)3-6-10-7-15-10/h1-2,4-5,10H,3,6-7H2. The molecular formula is C11H11F3O. The normalized spacial score (nSPS) is 20.3. The zero-order valence-corrected chi connectivity index (χ0v) is 8.05. The van der Waals surface area contributed by atoms with Gasteiger partial charge in [-0.3, -0.25) is 0 Å². The van der Waals surface area contributed by atoms with Crippen LogP contribution in [0.2, 0.25) is 0 Å². The average Bonchev–Trinajstić information content (AvgIpc) is 2.97. The number of aryl methyl sites for hydroxylation is 1. The smallest absolute Gasteiger partial charge is 0.373 e. The second-order valence-electron chi connectivity index (χ2n) is 3.69. The van der Waals surface area contributed by atoms with E-state index in [1.54, 1.807) is 0 Å². The van der Waals surface area contributed by atoms with Gasteiger partial charge in [-0.25, -0.2) is 0 Å². The third kappa shape index (κ3) is 2.96. The van der Waals surface area contributed by atoms with Gasteiger partial charge >= 0.3 is 6.18 Å². The van der Waals surface area contributed by atoms with Crippen LogP contribution in [-0.4, -0.2) is 12.7 Å². The quantitative estimate of drug-likeness (QED) is 0.707. The molecule has 0 N–H and O–H groups in total. The Hall–Kier alpha value is -1.03. The van der Waals surface area contributed by atoms with Gasteiger partial charge in [-0.15, -0.1) is 0 Å². The van der Waals surface area contributed by atoms with Crippen molar-refractivity contribution >= 4 is 0 Å². The minimum Gasteiger partial charge on any atom is -0.373 e. The van der Waals surface area contributed by atoms with Crippen molar-refractivity contribution in [3.63, 3.8) is 0 Å². The predicted molar refractivity (Wildman–Crippen MR) is 49.5 cm³/mol. The van der Waals surface area contributed by atoms with E-state index in [9.17, 15) is 13.2 Å². The second kappa shape index (κ2) is 3.85. The van der Waals surface area contributed by atoms with Crippen LogP contribution in [0.25, 0.3) is 0 Å². The number of epoxide rings is 1. The topological polar surface area (TPSA) is 12.5 Å². The van der Waals surface area contributed by atoms with Gasteiger partial charge in [-0.05, 0) is 30.5 Å². The molecule has 1 fully saturated rings. The van der Waals surface area contributed by atoms with Crippen LogP contribution in [0.5, 0.6) is 0 Å². The highest BCUT2D eigenvalue weighted by molar-refractivity contribution is 5.24. The Kier molecular flexibility index (Phi) is 2.69. The van der Waals surface area contributed by atoms with E-state index in [4.69, 9.17) is 4.74 Å². The molecule has 0 amide bonds. The van der Waals surface area contributed by atoms with E-state index in [1.807, 2.05) is 0 Å². The summed E-state index contributed by atoms with van der Waals surface area (Å²) in [6.45, 7) is 0.792. The first-order chi connectivity index (χ1) is 7.05. The number of ether oxygens (including phenoxy) is 1. The Morgan fingerprint density at radius 2 is 1.80 bits per heavy atom. The van der Waals surface area contributed by atoms with E-state index in [2.05, 4.69) is 0 Å². The first-order valence-electron chi connectivity index (χ1n) is 4.83. The van der Waals surface area contributed by atoms with Crippen molar-refractivity contribution < 1.29 is 17.9 Å². The van der Waals surface area contributed by atoms with Crippen molar-refractivity contribution in [1.82, 2.24) is 0 Å². The molecule has 1 aliphatic heterocycles. The van der Waals surface area contributed by atoms with Crippen LogP contribution >= 0.6 is 0 Å².